The van der Waals surface area contributed by atoms with Crippen LogP contribution in [0.3, 0.4) is 0 Å². The molecule has 146 valence electrons. The van der Waals surface area contributed by atoms with Gasteiger partial charge in [0, 0.05) is 0 Å². The Bertz CT molecular complexity index is 927. The number of rotatable bonds is 4. The summed E-state index contributed by atoms with van der Waals surface area (Å²) in [6.07, 6.45) is 1.51. The number of hydrogen-bond acceptors (Lipinski definition) is 4. The van der Waals surface area contributed by atoms with Crippen molar-refractivity contribution in [2.24, 2.45) is 5.41 Å². The highest BCUT2D eigenvalue weighted by Crippen LogP contribution is 2.55. The molecular weight excluding hydrogens is 352 g/mol. The van der Waals surface area contributed by atoms with Crippen LogP contribution in [0, 0.1) is 5.41 Å². The van der Waals surface area contributed by atoms with Crippen LogP contribution in [0.15, 0.2) is 42.5 Å². The lowest BCUT2D eigenvalue weighted by atomic mass is 9.55. The van der Waals surface area contributed by atoms with Crippen LogP contribution in [0.2, 0.25) is 0 Å². The minimum Gasteiger partial charge on any atom is -0.465 e. The predicted octanol–water partition coefficient (Wildman–Crippen LogP) is 4.23. The lowest BCUT2D eigenvalue weighted by molar-refractivity contribution is -0.174. The van der Waals surface area contributed by atoms with Crippen LogP contribution in [-0.4, -0.2) is 25.2 Å². The van der Waals surface area contributed by atoms with Crippen molar-refractivity contribution in [2.45, 2.75) is 45.4 Å². The van der Waals surface area contributed by atoms with Gasteiger partial charge in [0.15, 0.2) is 5.41 Å². The van der Waals surface area contributed by atoms with E-state index < -0.39 is 17.4 Å². The van der Waals surface area contributed by atoms with Crippen molar-refractivity contribution >= 4 is 11.9 Å². The molecule has 0 aromatic heterocycles. The van der Waals surface area contributed by atoms with Crippen molar-refractivity contribution in [1.29, 1.82) is 0 Å². The van der Waals surface area contributed by atoms with Crippen LogP contribution in [0.5, 0.6) is 0 Å². The minimum absolute atomic E-state index is 0.242. The number of esters is 2. The van der Waals surface area contributed by atoms with Gasteiger partial charge < -0.3 is 9.47 Å². The summed E-state index contributed by atoms with van der Waals surface area (Å²) >= 11 is 0. The molecule has 0 N–H and O–H groups in total. The first kappa shape index (κ1) is 18.7. The average molecular weight is 378 g/mol. The molecule has 4 nitrogen and oxygen atoms in total. The molecule has 0 saturated heterocycles. The molecule has 0 fully saturated rings. The number of carbonyl (C=O) groups excluding carboxylic acids is 2. The Labute approximate surface area is 165 Å². The van der Waals surface area contributed by atoms with Crippen LogP contribution in [0.4, 0.5) is 0 Å². The van der Waals surface area contributed by atoms with Gasteiger partial charge in [0.25, 0.3) is 0 Å². The van der Waals surface area contributed by atoms with Gasteiger partial charge in [0.2, 0.25) is 0 Å². The Kier molecular flexibility index (Phi) is 4.53. The number of ether oxygens (including phenoxy) is 2. The van der Waals surface area contributed by atoms with Crippen LogP contribution in [0.1, 0.15) is 43.9 Å². The van der Waals surface area contributed by atoms with Crippen molar-refractivity contribution in [2.75, 3.05) is 13.2 Å². The molecule has 0 saturated carbocycles. The highest BCUT2D eigenvalue weighted by Gasteiger charge is 2.57. The molecule has 2 aromatic rings. The first-order valence-electron chi connectivity index (χ1n) is 10.0. The number of benzene rings is 2. The van der Waals surface area contributed by atoms with E-state index in [4.69, 9.17) is 9.47 Å². The maximum atomic E-state index is 13.1. The Morgan fingerprint density at radius 3 is 2.14 bits per heavy atom. The monoisotopic (exact) mass is 378 g/mol. The van der Waals surface area contributed by atoms with Crippen molar-refractivity contribution in [3.63, 3.8) is 0 Å². The molecule has 0 bridgehead atoms. The van der Waals surface area contributed by atoms with E-state index in [9.17, 15) is 9.59 Å². The fourth-order valence-corrected chi connectivity index (χ4v) is 5.25. The van der Waals surface area contributed by atoms with Gasteiger partial charge in [-0.3, -0.25) is 9.59 Å². The topological polar surface area (TPSA) is 52.6 Å². The van der Waals surface area contributed by atoms with E-state index in [0.717, 1.165) is 12.0 Å². The molecule has 0 spiro atoms. The Hall–Kier alpha value is -2.62. The van der Waals surface area contributed by atoms with Gasteiger partial charge in [-0.05, 0) is 66.3 Å². The number of fused-ring (bicyclic) bond motifs is 2. The van der Waals surface area contributed by atoms with Crippen LogP contribution in [0.25, 0.3) is 11.1 Å². The maximum Gasteiger partial charge on any atom is 0.323 e. The summed E-state index contributed by atoms with van der Waals surface area (Å²) in [6, 6.07) is 14.6. The first-order valence-corrected chi connectivity index (χ1v) is 10.0. The van der Waals surface area contributed by atoms with Crippen molar-refractivity contribution < 1.29 is 19.1 Å². The van der Waals surface area contributed by atoms with Crippen LogP contribution in [-0.2, 0) is 37.3 Å². The summed E-state index contributed by atoms with van der Waals surface area (Å²) in [5.41, 5.74) is 4.38. The molecule has 2 aliphatic rings. The quantitative estimate of drug-likeness (QED) is 0.590. The normalized spacial score (nSPS) is 21.2. The minimum atomic E-state index is -1.29. The summed E-state index contributed by atoms with van der Waals surface area (Å²) in [6.45, 7) is 6.19. The molecule has 2 aliphatic carbocycles. The smallest absolute Gasteiger partial charge is 0.323 e. The third-order valence-corrected chi connectivity index (χ3v) is 6.16. The third-order valence-electron chi connectivity index (χ3n) is 6.16. The van der Waals surface area contributed by atoms with Gasteiger partial charge in [-0.1, -0.05) is 49.4 Å². The van der Waals surface area contributed by atoms with Crippen LogP contribution >= 0.6 is 0 Å². The molecule has 28 heavy (non-hydrogen) atoms. The molecular formula is C24H26O4. The SMILES string of the molecule is CCOC(=O)C1(C(=O)OCC)Cc2cccc3c2[C@](C)(Cc2ccccc2-3)C1. The highest BCUT2D eigenvalue weighted by atomic mass is 16.6. The van der Waals surface area contributed by atoms with Crippen molar-refractivity contribution in [3.8, 4) is 11.1 Å². The van der Waals surface area contributed by atoms with Crippen LogP contribution < -0.4 is 0 Å². The van der Waals surface area contributed by atoms with E-state index in [1.54, 1.807) is 13.8 Å². The Morgan fingerprint density at radius 2 is 1.46 bits per heavy atom. The second-order valence-corrected chi connectivity index (χ2v) is 8.11. The summed E-state index contributed by atoms with van der Waals surface area (Å²) in [5.74, 6) is -0.936. The lowest BCUT2D eigenvalue weighted by Crippen LogP contribution is -2.52. The number of hydrogen-bond donors (Lipinski definition) is 0. The highest BCUT2D eigenvalue weighted by molar-refractivity contribution is 6.01. The second kappa shape index (κ2) is 6.77. The molecule has 0 unspecified atom stereocenters. The van der Waals surface area contributed by atoms with Crippen molar-refractivity contribution in [1.82, 2.24) is 0 Å². The van der Waals surface area contributed by atoms with Gasteiger partial charge in [0.1, 0.15) is 0 Å². The van der Waals surface area contributed by atoms with Gasteiger partial charge in [0.05, 0.1) is 13.2 Å². The van der Waals surface area contributed by atoms with E-state index in [1.165, 1.54) is 22.3 Å². The van der Waals surface area contributed by atoms with E-state index in [2.05, 4.69) is 31.2 Å². The van der Waals surface area contributed by atoms with E-state index in [1.807, 2.05) is 18.2 Å². The maximum absolute atomic E-state index is 13.1. The van der Waals surface area contributed by atoms with Gasteiger partial charge in [-0.25, -0.2) is 0 Å². The van der Waals surface area contributed by atoms with Gasteiger partial charge >= 0.3 is 11.9 Å². The predicted molar refractivity (Wildman–Crippen MR) is 107 cm³/mol. The molecule has 4 heteroatoms. The first-order chi connectivity index (χ1) is 13.4. The molecule has 2 aromatic carbocycles. The van der Waals surface area contributed by atoms with Gasteiger partial charge in [-0.2, -0.15) is 0 Å². The zero-order valence-electron chi connectivity index (χ0n) is 16.7. The molecule has 0 radical (unpaired) electrons. The zero-order chi connectivity index (χ0) is 19.9. The van der Waals surface area contributed by atoms with Crippen molar-refractivity contribution in [3.05, 3.63) is 59.2 Å². The standard InChI is InChI=1S/C24H26O4/c1-4-27-21(25)24(22(26)28-5-2)14-17-10-8-12-19-18-11-7-6-9-16(18)13-23(3,15-24)20(17)19/h6-12H,4-5,13-15H2,1-3H3/t23-/m1/s1. The Morgan fingerprint density at radius 1 is 0.857 bits per heavy atom. The Balaban J connectivity index is 1.91. The number of carbonyl (C=O) groups is 2. The van der Waals surface area contributed by atoms with E-state index >= 15 is 0 Å². The third kappa shape index (κ3) is 2.66. The molecule has 0 amide bonds. The summed E-state index contributed by atoms with van der Waals surface area (Å²) in [4.78, 5) is 26.2. The average Bonchev–Trinajstić information content (AvgIpc) is 2.67. The van der Waals surface area contributed by atoms with E-state index in [0.29, 0.717) is 12.8 Å². The van der Waals surface area contributed by atoms with Gasteiger partial charge in [-0.15, -0.1) is 0 Å². The largest absolute Gasteiger partial charge is 0.465 e. The summed E-state index contributed by atoms with van der Waals surface area (Å²) < 4.78 is 10.8. The zero-order valence-corrected chi connectivity index (χ0v) is 16.7. The van der Waals surface area contributed by atoms with E-state index in [-0.39, 0.29) is 18.6 Å². The lowest BCUT2D eigenvalue weighted by Gasteiger charge is -2.47. The fourth-order valence-electron chi connectivity index (χ4n) is 5.25. The molecule has 0 heterocycles. The molecule has 1 atom stereocenters. The summed E-state index contributed by atoms with van der Waals surface area (Å²) in [5, 5.41) is 0. The second-order valence-electron chi connectivity index (χ2n) is 8.11. The molecule has 0 aliphatic heterocycles. The fraction of sp³-hybridized carbons (Fsp3) is 0.417. The summed E-state index contributed by atoms with van der Waals surface area (Å²) in [7, 11) is 0. The molecule has 4 rings (SSSR count).